The number of aryl methyl sites for hydroxylation is 1. The molecule has 0 spiro atoms. The van der Waals surface area contributed by atoms with Gasteiger partial charge < -0.3 is 0 Å². The van der Waals surface area contributed by atoms with Crippen molar-refractivity contribution in [1.29, 1.82) is 0 Å². The van der Waals surface area contributed by atoms with Crippen LogP contribution in [-0.4, -0.2) is 18.2 Å². The van der Waals surface area contributed by atoms with E-state index in [0.717, 1.165) is 4.68 Å². The van der Waals surface area contributed by atoms with Crippen LogP contribution in [0.1, 0.15) is 25.5 Å². The molecule has 0 bridgehead atoms. The number of hydrogen-bond donors (Lipinski definition) is 0. The van der Waals surface area contributed by atoms with Gasteiger partial charge in [-0.05, 0) is 20.8 Å². The zero-order valence-electron chi connectivity index (χ0n) is 7.65. The maximum atomic E-state index is 12.7. The van der Waals surface area contributed by atoms with Gasteiger partial charge in [-0.2, -0.15) is 13.5 Å². The third-order valence-corrected chi connectivity index (χ3v) is 2.61. The van der Waals surface area contributed by atoms with Crippen molar-refractivity contribution in [3.05, 3.63) is 11.8 Å². The van der Waals surface area contributed by atoms with Crippen LogP contribution >= 0.6 is 0 Å². The van der Waals surface area contributed by atoms with Crippen molar-refractivity contribution >= 4 is 10.2 Å². The highest BCUT2D eigenvalue weighted by Crippen LogP contribution is 2.20. The van der Waals surface area contributed by atoms with Crippen molar-refractivity contribution in [1.82, 2.24) is 9.78 Å². The van der Waals surface area contributed by atoms with Crippen LogP contribution in [0.15, 0.2) is 11.2 Å². The maximum absolute atomic E-state index is 12.7. The lowest BCUT2D eigenvalue weighted by molar-refractivity contribution is 0.465. The third kappa shape index (κ3) is 1.88. The van der Waals surface area contributed by atoms with E-state index >= 15 is 0 Å². The molecule has 0 aliphatic rings. The van der Waals surface area contributed by atoms with Gasteiger partial charge in [0.2, 0.25) is 0 Å². The van der Waals surface area contributed by atoms with E-state index < -0.39 is 10.2 Å². The van der Waals surface area contributed by atoms with Crippen LogP contribution < -0.4 is 0 Å². The van der Waals surface area contributed by atoms with Gasteiger partial charge in [0.15, 0.2) is 5.03 Å². The number of hydrogen-bond acceptors (Lipinski definition) is 3. The van der Waals surface area contributed by atoms with E-state index in [1.54, 1.807) is 13.8 Å². The molecule has 0 N–H and O–H groups in total. The number of rotatable bonds is 2. The smallest absolute Gasteiger partial charge is 0.249 e. The van der Waals surface area contributed by atoms with E-state index in [1.165, 1.54) is 13.1 Å². The SMILES string of the molecule is Cc1cnn(C(C)C)c1S(=O)(=O)F. The van der Waals surface area contributed by atoms with Gasteiger partial charge in [0.05, 0.1) is 6.20 Å². The molecule has 0 unspecified atom stereocenters. The predicted octanol–water partition coefficient (Wildman–Crippen LogP) is 1.43. The molecule has 1 heterocycles. The minimum atomic E-state index is -4.67. The molecule has 6 heteroatoms. The van der Waals surface area contributed by atoms with Crippen molar-refractivity contribution < 1.29 is 12.3 Å². The van der Waals surface area contributed by atoms with E-state index in [9.17, 15) is 12.3 Å². The first kappa shape index (κ1) is 10.2. The summed E-state index contributed by atoms with van der Waals surface area (Å²) in [6, 6.07) is -0.172. The molecule has 4 nitrogen and oxygen atoms in total. The molecule has 0 fully saturated rings. The van der Waals surface area contributed by atoms with Crippen LogP contribution in [0.5, 0.6) is 0 Å². The van der Waals surface area contributed by atoms with Crippen molar-refractivity contribution in [2.45, 2.75) is 31.8 Å². The number of aromatic nitrogens is 2. The second kappa shape index (κ2) is 3.10. The van der Waals surface area contributed by atoms with Crippen LogP contribution in [0.4, 0.5) is 3.89 Å². The Hall–Kier alpha value is -0.910. The normalized spacial score (nSPS) is 12.4. The quantitative estimate of drug-likeness (QED) is 0.688. The molecule has 0 radical (unpaired) electrons. The molecule has 1 aromatic heterocycles. The van der Waals surface area contributed by atoms with Crippen molar-refractivity contribution in [3.8, 4) is 0 Å². The Kier molecular flexibility index (Phi) is 2.42. The summed E-state index contributed by atoms with van der Waals surface area (Å²) in [6.07, 6.45) is 1.34. The summed E-state index contributed by atoms with van der Waals surface area (Å²) in [5.74, 6) is 0. The van der Waals surface area contributed by atoms with Crippen LogP contribution in [-0.2, 0) is 10.2 Å². The van der Waals surface area contributed by atoms with E-state index in [-0.39, 0.29) is 11.1 Å². The average Bonchev–Trinajstić information content (AvgIpc) is 2.28. The summed E-state index contributed by atoms with van der Waals surface area (Å²) >= 11 is 0. The summed E-state index contributed by atoms with van der Waals surface area (Å²) in [6.45, 7) is 4.99. The highest BCUT2D eigenvalue weighted by molar-refractivity contribution is 7.86. The molecule has 0 atom stereocenters. The summed E-state index contributed by atoms with van der Waals surface area (Å²) in [5.41, 5.74) is 0.330. The summed E-state index contributed by atoms with van der Waals surface area (Å²) in [5, 5.41) is 3.43. The Balaban J connectivity index is 3.42. The molecule has 13 heavy (non-hydrogen) atoms. The number of nitrogens with zero attached hydrogens (tertiary/aromatic N) is 2. The molecular weight excluding hydrogens is 195 g/mol. The first-order chi connectivity index (χ1) is 5.84. The monoisotopic (exact) mass is 206 g/mol. The fourth-order valence-corrected chi connectivity index (χ4v) is 2.03. The van der Waals surface area contributed by atoms with Gasteiger partial charge in [0.1, 0.15) is 0 Å². The predicted molar refractivity (Wildman–Crippen MR) is 45.6 cm³/mol. The Bertz CT molecular complexity index is 408. The largest absolute Gasteiger partial charge is 0.349 e. The summed E-state index contributed by atoms with van der Waals surface area (Å²) < 4.78 is 35.3. The van der Waals surface area contributed by atoms with Gasteiger partial charge in [-0.25, -0.2) is 4.68 Å². The first-order valence-electron chi connectivity index (χ1n) is 3.83. The van der Waals surface area contributed by atoms with Gasteiger partial charge in [-0.3, -0.25) is 0 Å². The average molecular weight is 206 g/mol. The standard InChI is InChI=1S/C7H11FN2O2S/c1-5(2)10-7(13(8,11)12)6(3)4-9-10/h4-5H,1-3H3. The molecular formula is C7H11FN2O2S. The lowest BCUT2D eigenvalue weighted by Gasteiger charge is -2.07. The van der Waals surface area contributed by atoms with E-state index in [1.807, 2.05) is 0 Å². The van der Waals surface area contributed by atoms with Gasteiger partial charge >= 0.3 is 10.2 Å². The summed E-state index contributed by atoms with van der Waals surface area (Å²) in [7, 11) is -4.67. The molecule has 74 valence electrons. The van der Waals surface area contributed by atoms with Crippen molar-refractivity contribution in [2.24, 2.45) is 0 Å². The van der Waals surface area contributed by atoms with E-state index in [2.05, 4.69) is 5.10 Å². The van der Waals surface area contributed by atoms with Crippen LogP contribution in [0.2, 0.25) is 0 Å². The highest BCUT2D eigenvalue weighted by atomic mass is 32.3. The maximum Gasteiger partial charge on any atom is 0.349 e. The van der Waals surface area contributed by atoms with Gasteiger partial charge in [0.25, 0.3) is 0 Å². The molecule has 0 saturated carbocycles. The van der Waals surface area contributed by atoms with Gasteiger partial charge in [-0.1, -0.05) is 3.89 Å². The molecule has 0 aromatic carbocycles. The topological polar surface area (TPSA) is 52.0 Å². The van der Waals surface area contributed by atoms with Crippen molar-refractivity contribution in [3.63, 3.8) is 0 Å². The minimum absolute atomic E-state index is 0.172. The molecule has 0 saturated heterocycles. The van der Waals surface area contributed by atoms with Gasteiger partial charge in [-0.15, -0.1) is 0 Å². The van der Waals surface area contributed by atoms with Crippen molar-refractivity contribution in [2.75, 3.05) is 0 Å². The van der Waals surface area contributed by atoms with Gasteiger partial charge in [0, 0.05) is 11.6 Å². The minimum Gasteiger partial charge on any atom is -0.249 e. The fraction of sp³-hybridized carbons (Fsp3) is 0.571. The number of halogens is 1. The second-order valence-corrected chi connectivity index (χ2v) is 4.37. The lowest BCUT2D eigenvalue weighted by atomic mass is 10.4. The first-order valence-corrected chi connectivity index (χ1v) is 5.21. The zero-order valence-corrected chi connectivity index (χ0v) is 8.47. The fourth-order valence-electron chi connectivity index (χ4n) is 1.11. The molecule has 0 aliphatic carbocycles. The Labute approximate surface area is 76.6 Å². The Morgan fingerprint density at radius 1 is 1.54 bits per heavy atom. The second-order valence-electron chi connectivity index (χ2n) is 3.11. The lowest BCUT2D eigenvalue weighted by Crippen LogP contribution is -2.10. The zero-order chi connectivity index (χ0) is 10.2. The van der Waals surface area contributed by atoms with Crippen LogP contribution in [0, 0.1) is 6.92 Å². The highest BCUT2D eigenvalue weighted by Gasteiger charge is 2.22. The Morgan fingerprint density at radius 2 is 2.08 bits per heavy atom. The molecule has 0 amide bonds. The molecule has 0 aliphatic heterocycles. The molecule has 1 rings (SSSR count). The molecule has 1 aromatic rings. The van der Waals surface area contributed by atoms with Crippen LogP contribution in [0.25, 0.3) is 0 Å². The third-order valence-electron chi connectivity index (χ3n) is 1.64. The van der Waals surface area contributed by atoms with Crippen LogP contribution in [0.3, 0.4) is 0 Å². The van der Waals surface area contributed by atoms with E-state index in [4.69, 9.17) is 0 Å². The van der Waals surface area contributed by atoms with E-state index in [0.29, 0.717) is 5.56 Å². The summed E-state index contributed by atoms with van der Waals surface area (Å²) in [4.78, 5) is 0. The Morgan fingerprint density at radius 3 is 2.38 bits per heavy atom.